The first-order valence-corrected chi connectivity index (χ1v) is 10.9. The van der Waals surface area contributed by atoms with Gasteiger partial charge in [0.2, 0.25) is 0 Å². The molecule has 2 N–H and O–H groups in total. The van der Waals surface area contributed by atoms with E-state index in [1.807, 2.05) is 6.07 Å². The number of carbonyl (C=O) groups is 2. The first-order chi connectivity index (χ1) is 15.3. The monoisotopic (exact) mass is 553 g/mol. The smallest absolute Gasteiger partial charge is 0.262 e. The molecular weight excluding hydrogens is 528 g/mol. The minimum atomic E-state index is -0.899. The second kappa shape index (κ2) is 12.2. The van der Waals surface area contributed by atoms with E-state index in [1.54, 1.807) is 32.1 Å². The summed E-state index contributed by atoms with van der Waals surface area (Å²) in [6.07, 6.45) is 3.09. The fraction of sp³-hybridized carbons (Fsp3) is 0.261. The maximum Gasteiger partial charge on any atom is 0.262 e. The maximum atomic E-state index is 13.9. The molecule has 2 rings (SSSR count). The predicted molar refractivity (Wildman–Crippen MR) is 130 cm³/mol. The van der Waals surface area contributed by atoms with E-state index in [9.17, 15) is 14.0 Å². The molecule has 7 nitrogen and oxygen atoms in total. The van der Waals surface area contributed by atoms with Gasteiger partial charge < -0.3 is 14.8 Å². The van der Waals surface area contributed by atoms with Crippen molar-refractivity contribution >= 4 is 40.6 Å². The standard InChI is InChI=1S/C23H25FIN3O4/c1-5-10-32-21-18(25)11-15(12-19(21)31-4)13-26-28-23(30)20(14(2)3)27-22(29)16-8-6-7-9-17(16)24/h5-9,11-14,20H,1,10H2,2-4H3,(H,27,29)(H,28,30). The Morgan fingerprint density at radius 2 is 2.00 bits per heavy atom. The normalized spacial score (nSPS) is 11.8. The summed E-state index contributed by atoms with van der Waals surface area (Å²) >= 11 is 2.11. The summed E-state index contributed by atoms with van der Waals surface area (Å²) < 4.78 is 25.6. The van der Waals surface area contributed by atoms with Gasteiger partial charge in [-0.05, 0) is 58.3 Å². The molecule has 0 fully saturated rings. The minimum absolute atomic E-state index is 0.130. The van der Waals surface area contributed by atoms with Crippen LogP contribution in [0.15, 0.2) is 54.2 Å². The molecule has 2 amide bonds. The number of hydrazone groups is 1. The fourth-order valence-electron chi connectivity index (χ4n) is 2.74. The zero-order valence-corrected chi connectivity index (χ0v) is 20.2. The van der Waals surface area contributed by atoms with Gasteiger partial charge in [-0.1, -0.05) is 38.6 Å². The molecule has 0 aromatic heterocycles. The Morgan fingerprint density at radius 1 is 1.28 bits per heavy atom. The number of amides is 2. The Morgan fingerprint density at radius 3 is 2.62 bits per heavy atom. The van der Waals surface area contributed by atoms with Crippen molar-refractivity contribution in [3.63, 3.8) is 0 Å². The highest BCUT2D eigenvalue weighted by atomic mass is 127. The van der Waals surface area contributed by atoms with Crippen LogP contribution >= 0.6 is 22.6 Å². The highest BCUT2D eigenvalue weighted by Crippen LogP contribution is 2.33. The van der Waals surface area contributed by atoms with Crippen LogP contribution in [-0.4, -0.2) is 37.8 Å². The van der Waals surface area contributed by atoms with Crippen molar-refractivity contribution in [2.45, 2.75) is 19.9 Å². The lowest BCUT2D eigenvalue weighted by molar-refractivity contribution is -0.123. The third-order valence-electron chi connectivity index (χ3n) is 4.34. The number of benzene rings is 2. The number of rotatable bonds is 10. The average molecular weight is 553 g/mol. The number of hydrogen-bond donors (Lipinski definition) is 2. The van der Waals surface area contributed by atoms with Gasteiger partial charge in [0, 0.05) is 0 Å². The van der Waals surface area contributed by atoms with Gasteiger partial charge in [-0.2, -0.15) is 5.10 Å². The van der Waals surface area contributed by atoms with Crippen LogP contribution in [0.1, 0.15) is 29.8 Å². The molecule has 1 unspecified atom stereocenters. The maximum absolute atomic E-state index is 13.9. The molecule has 0 radical (unpaired) electrons. The minimum Gasteiger partial charge on any atom is -0.493 e. The summed E-state index contributed by atoms with van der Waals surface area (Å²) in [5.74, 6) is -0.990. The largest absolute Gasteiger partial charge is 0.493 e. The Bertz CT molecular complexity index is 1010. The number of nitrogens with zero attached hydrogens (tertiary/aromatic N) is 1. The van der Waals surface area contributed by atoms with Crippen LogP contribution in [-0.2, 0) is 4.79 Å². The number of carbonyl (C=O) groups excluding carboxylic acids is 2. The SMILES string of the molecule is C=CCOc1c(I)cc(C=NNC(=O)C(NC(=O)c2ccccc2F)C(C)C)cc1OC. The summed E-state index contributed by atoms with van der Waals surface area (Å²) in [6.45, 7) is 7.50. The van der Waals surface area contributed by atoms with Gasteiger partial charge in [0.1, 0.15) is 18.5 Å². The van der Waals surface area contributed by atoms with E-state index in [-0.39, 0.29) is 11.5 Å². The van der Waals surface area contributed by atoms with Gasteiger partial charge in [0.15, 0.2) is 11.5 Å². The molecule has 2 aromatic carbocycles. The Labute approximate surface area is 200 Å². The molecule has 32 heavy (non-hydrogen) atoms. The molecule has 9 heteroatoms. The van der Waals surface area contributed by atoms with Gasteiger partial charge in [-0.3, -0.25) is 9.59 Å². The van der Waals surface area contributed by atoms with Crippen molar-refractivity contribution in [3.05, 3.63) is 69.6 Å². The molecule has 170 valence electrons. The van der Waals surface area contributed by atoms with E-state index in [0.717, 1.165) is 3.57 Å². The van der Waals surface area contributed by atoms with Crippen molar-refractivity contribution in [1.29, 1.82) is 0 Å². The van der Waals surface area contributed by atoms with Crippen molar-refractivity contribution in [1.82, 2.24) is 10.7 Å². The first-order valence-electron chi connectivity index (χ1n) is 9.78. The van der Waals surface area contributed by atoms with E-state index in [1.165, 1.54) is 31.5 Å². The van der Waals surface area contributed by atoms with Crippen molar-refractivity contribution in [2.24, 2.45) is 11.0 Å². The summed E-state index contributed by atoms with van der Waals surface area (Å²) in [5, 5.41) is 6.55. The van der Waals surface area contributed by atoms with Crippen molar-refractivity contribution in [2.75, 3.05) is 13.7 Å². The molecular formula is C23H25FIN3O4. The van der Waals surface area contributed by atoms with Gasteiger partial charge in [0.25, 0.3) is 11.8 Å². The van der Waals surface area contributed by atoms with Crippen LogP contribution < -0.4 is 20.2 Å². The van der Waals surface area contributed by atoms with Crippen LogP contribution in [0.3, 0.4) is 0 Å². The topological polar surface area (TPSA) is 89.0 Å². The summed E-state index contributed by atoms with van der Waals surface area (Å²) in [5.41, 5.74) is 2.97. The predicted octanol–water partition coefficient (Wildman–Crippen LogP) is 3.91. The lowest BCUT2D eigenvalue weighted by atomic mass is 10.0. The third kappa shape index (κ3) is 6.78. The van der Waals surface area contributed by atoms with Crippen LogP contribution in [0.25, 0.3) is 0 Å². The van der Waals surface area contributed by atoms with Gasteiger partial charge in [-0.15, -0.1) is 0 Å². The van der Waals surface area contributed by atoms with Gasteiger partial charge in [0.05, 0.1) is 22.5 Å². The van der Waals surface area contributed by atoms with Crippen molar-refractivity contribution in [3.8, 4) is 11.5 Å². The second-order valence-corrected chi connectivity index (χ2v) is 8.21. The molecule has 0 aliphatic carbocycles. The number of halogens is 2. The lowest BCUT2D eigenvalue weighted by Crippen LogP contribution is -2.48. The van der Waals surface area contributed by atoms with Crippen molar-refractivity contribution < 1.29 is 23.5 Å². The van der Waals surface area contributed by atoms with E-state index in [4.69, 9.17) is 9.47 Å². The van der Waals surface area contributed by atoms with Crippen LogP contribution in [0.5, 0.6) is 11.5 Å². The number of hydrogen-bond acceptors (Lipinski definition) is 5. The Kier molecular flexibility index (Phi) is 9.63. The molecule has 2 aromatic rings. The second-order valence-electron chi connectivity index (χ2n) is 7.04. The van der Waals surface area contributed by atoms with E-state index in [0.29, 0.717) is 23.7 Å². The highest BCUT2D eigenvalue weighted by Gasteiger charge is 2.25. The van der Waals surface area contributed by atoms with E-state index in [2.05, 4.69) is 45.0 Å². The first kappa shape index (κ1) is 25.3. The summed E-state index contributed by atoms with van der Waals surface area (Å²) in [6, 6.07) is 8.22. The molecule has 0 spiro atoms. The number of ether oxygens (including phenoxy) is 2. The Hall–Kier alpha value is -2.95. The molecule has 0 saturated carbocycles. The quantitative estimate of drug-likeness (QED) is 0.202. The molecule has 0 bridgehead atoms. The van der Waals surface area contributed by atoms with E-state index < -0.39 is 23.7 Å². The van der Waals surface area contributed by atoms with Crippen LogP contribution in [0.4, 0.5) is 4.39 Å². The van der Waals surface area contributed by atoms with Crippen LogP contribution in [0.2, 0.25) is 0 Å². The molecule has 0 aliphatic rings. The summed E-state index contributed by atoms with van der Waals surface area (Å²) in [7, 11) is 1.53. The highest BCUT2D eigenvalue weighted by molar-refractivity contribution is 14.1. The molecule has 0 aliphatic heterocycles. The lowest BCUT2D eigenvalue weighted by Gasteiger charge is -2.20. The summed E-state index contributed by atoms with van der Waals surface area (Å²) in [4.78, 5) is 25.0. The van der Waals surface area contributed by atoms with Crippen LogP contribution in [0, 0.1) is 15.3 Å². The van der Waals surface area contributed by atoms with Gasteiger partial charge in [-0.25, -0.2) is 9.82 Å². The molecule has 1 atom stereocenters. The molecule has 0 heterocycles. The fourth-order valence-corrected chi connectivity index (χ4v) is 3.52. The Balaban J connectivity index is 2.10. The zero-order valence-electron chi connectivity index (χ0n) is 18.0. The zero-order chi connectivity index (χ0) is 23.7. The van der Waals surface area contributed by atoms with E-state index >= 15 is 0 Å². The number of methoxy groups -OCH3 is 1. The average Bonchev–Trinajstić information content (AvgIpc) is 2.76. The number of nitrogens with one attached hydrogen (secondary N) is 2. The molecule has 0 saturated heterocycles. The van der Waals surface area contributed by atoms with Gasteiger partial charge >= 0.3 is 0 Å². The third-order valence-corrected chi connectivity index (χ3v) is 5.14.